The maximum atomic E-state index is 13.0. The first kappa shape index (κ1) is 24.7. The Hall–Kier alpha value is -4.40. The fourth-order valence-corrected chi connectivity index (χ4v) is 4.32. The Bertz CT molecular complexity index is 1310. The number of amides is 3. The summed E-state index contributed by atoms with van der Waals surface area (Å²) in [6.45, 7) is 5.08. The van der Waals surface area contributed by atoms with E-state index in [1.165, 1.54) is 4.90 Å². The molecule has 186 valence electrons. The van der Waals surface area contributed by atoms with Gasteiger partial charge in [0.25, 0.3) is 0 Å². The van der Waals surface area contributed by atoms with Gasteiger partial charge in [0.2, 0.25) is 17.7 Å². The number of benzene rings is 2. The minimum absolute atomic E-state index is 0.140. The third kappa shape index (κ3) is 5.14. The van der Waals surface area contributed by atoms with Crippen LogP contribution in [-0.2, 0) is 14.4 Å². The molecule has 1 aromatic heterocycles. The number of fused-ring (bicyclic) bond motifs is 1. The van der Waals surface area contributed by atoms with E-state index in [4.69, 9.17) is 20.2 Å². The van der Waals surface area contributed by atoms with Gasteiger partial charge in [0, 0.05) is 29.5 Å². The van der Waals surface area contributed by atoms with E-state index in [-0.39, 0.29) is 13.0 Å². The van der Waals surface area contributed by atoms with Crippen LogP contribution in [0.4, 0.5) is 0 Å². The molecule has 2 heterocycles. The van der Waals surface area contributed by atoms with E-state index in [0.29, 0.717) is 22.7 Å². The highest BCUT2D eigenvalue weighted by Crippen LogP contribution is 2.34. The number of likely N-dealkylation sites (tertiary alicyclic amines) is 1. The van der Waals surface area contributed by atoms with Gasteiger partial charge in [-0.05, 0) is 25.1 Å². The highest BCUT2D eigenvalue weighted by Gasteiger charge is 2.41. The molecule has 1 saturated heterocycles. The summed E-state index contributed by atoms with van der Waals surface area (Å²) < 4.78 is 11.7. The number of hydrogen-bond acceptors (Lipinski definition) is 6. The van der Waals surface area contributed by atoms with Gasteiger partial charge in [-0.1, -0.05) is 36.9 Å². The molecule has 36 heavy (non-hydrogen) atoms. The molecule has 0 radical (unpaired) electrons. The van der Waals surface area contributed by atoms with Gasteiger partial charge >= 0.3 is 0 Å². The number of primary amides is 1. The third-order valence-corrected chi connectivity index (χ3v) is 6.13. The van der Waals surface area contributed by atoms with E-state index in [2.05, 4.69) is 11.9 Å². The number of aromatic nitrogens is 1. The fourth-order valence-electron chi connectivity index (χ4n) is 4.32. The molecule has 4 rings (SSSR count). The van der Waals surface area contributed by atoms with Gasteiger partial charge in [-0.3, -0.25) is 14.4 Å². The zero-order valence-electron chi connectivity index (χ0n) is 20.1. The number of pyridine rings is 1. The summed E-state index contributed by atoms with van der Waals surface area (Å²) in [4.78, 5) is 43.0. The van der Waals surface area contributed by atoms with Gasteiger partial charge in [-0.2, -0.15) is 0 Å². The molecular formula is C27H28N4O5. The monoisotopic (exact) mass is 488 g/mol. The van der Waals surface area contributed by atoms with E-state index in [1.807, 2.05) is 54.6 Å². The molecule has 0 saturated carbocycles. The lowest BCUT2D eigenvalue weighted by atomic mass is 10.1. The van der Waals surface area contributed by atoms with Crippen LogP contribution in [0.15, 0.2) is 67.3 Å². The minimum Gasteiger partial charge on any atom is -0.497 e. The van der Waals surface area contributed by atoms with Crippen LogP contribution in [0.25, 0.3) is 22.2 Å². The molecule has 9 heteroatoms. The van der Waals surface area contributed by atoms with E-state index in [0.717, 1.165) is 17.0 Å². The number of carbonyl (C=O) groups is 3. The molecule has 9 nitrogen and oxygen atoms in total. The van der Waals surface area contributed by atoms with Crippen molar-refractivity contribution in [3.63, 3.8) is 0 Å². The average Bonchev–Trinajstić information content (AvgIpc) is 3.32. The Balaban J connectivity index is 1.65. The predicted octanol–water partition coefficient (Wildman–Crippen LogP) is 2.43. The molecule has 3 aromatic rings. The van der Waals surface area contributed by atoms with Gasteiger partial charge in [-0.15, -0.1) is 0 Å². The second-order valence-corrected chi connectivity index (χ2v) is 8.57. The zero-order chi connectivity index (χ0) is 25.8. The number of carbonyl (C=O) groups excluding carboxylic acids is 3. The van der Waals surface area contributed by atoms with Crippen LogP contribution >= 0.6 is 0 Å². The molecule has 1 aliphatic rings. The van der Waals surface area contributed by atoms with Crippen molar-refractivity contribution in [3.8, 4) is 22.8 Å². The molecule has 1 aliphatic heterocycles. The number of rotatable bonds is 8. The largest absolute Gasteiger partial charge is 0.497 e. The highest BCUT2D eigenvalue weighted by molar-refractivity contribution is 5.94. The van der Waals surface area contributed by atoms with Crippen LogP contribution in [0.1, 0.15) is 13.3 Å². The molecule has 3 atom stereocenters. The fraction of sp³-hybridized carbons (Fsp3) is 0.259. The summed E-state index contributed by atoms with van der Waals surface area (Å²) in [5.41, 5.74) is 7.93. The Labute approximate surface area is 208 Å². The second-order valence-electron chi connectivity index (χ2n) is 8.57. The molecule has 0 bridgehead atoms. The van der Waals surface area contributed by atoms with Crippen LogP contribution in [0.2, 0.25) is 0 Å². The van der Waals surface area contributed by atoms with Crippen molar-refractivity contribution in [1.29, 1.82) is 0 Å². The number of hydrogen-bond donors (Lipinski definition) is 2. The number of nitrogens with two attached hydrogens (primary N) is 1. The van der Waals surface area contributed by atoms with Gasteiger partial charge < -0.3 is 25.4 Å². The molecule has 1 fully saturated rings. The van der Waals surface area contributed by atoms with Gasteiger partial charge in [-0.25, -0.2) is 4.98 Å². The summed E-state index contributed by atoms with van der Waals surface area (Å²) >= 11 is 0. The summed E-state index contributed by atoms with van der Waals surface area (Å²) in [5, 5.41) is 3.30. The normalized spacial score (nSPS) is 17.9. The first-order valence-corrected chi connectivity index (χ1v) is 11.5. The number of nitrogens with zero attached hydrogens (tertiary/aromatic N) is 2. The molecule has 0 unspecified atom stereocenters. The van der Waals surface area contributed by atoms with Crippen LogP contribution in [0.5, 0.6) is 11.5 Å². The van der Waals surface area contributed by atoms with Gasteiger partial charge in [0.1, 0.15) is 29.7 Å². The standard InChI is InChI=1S/C27H28N4O5/c1-4-25(32)29-16(2)27(34)31-15-19(13-23(31)26(28)33)36-24-14-21(17-8-6-5-7-9-17)30-22-12-18(35-3)10-11-20(22)24/h4-12,14,16,19,23H,1,13,15H2,2-3H3,(H2,28,33)(H,29,32)/t16-,19-,23+/m1/s1. The Morgan fingerprint density at radius 3 is 2.61 bits per heavy atom. The summed E-state index contributed by atoms with van der Waals surface area (Å²) in [5.74, 6) is -0.309. The highest BCUT2D eigenvalue weighted by atomic mass is 16.5. The third-order valence-electron chi connectivity index (χ3n) is 6.13. The van der Waals surface area contributed by atoms with Crippen LogP contribution < -0.4 is 20.5 Å². The van der Waals surface area contributed by atoms with E-state index in [9.17, 15) is 14.4 Å². The zero-order valence-corrected chi connectivity index (χ0v) is 20.1. The summed E-state index contributed by atoms with van der Waals surface area (Å²) in [7, 11) is 1.59. The maximum Gasteiger partial charge on any atom is 0.245 e. The maximum absolute atomic E-state index is 13.0. The lowest BCUT2D eigenvalue weighted by Gasteiger charge is -2.25. The van der Waals surface area contributed by atoms with Gasteiger partial charge in [0.05, 0.1) is 24.9 Å². The summed E-state index contributed by atoms with van der Waals surface area (Å²) in [6.07, 6.45) is 0.813. The predicted molar refractivity (Wildman–Crippen MR) is 135 cm³/mol. The average molecular weight is 489 g/mol. The van der Waals surface area contributed by atoms with Crippen molar-refractivity contribution in [2.45, 2.75) is 31.5 Å². The van der Waals surface area contributed by atoms with Crippen molar-refractivity contribution >= 4 is 28.6 Å². The summed E-state index contributed by atoms with van der Waals surface area (Å²) in [6, 6.07) is 15.3. The number of nitrogens with one attached hydrogen (secondary N) is 1. The SMILES string of the molecule is C=CC(=O)N[C@H](C)C(=O)N1C[C@H](Oc2cc(-c3ccccc3)nc3cc(OC)ccc23)C[C@H]1C(N)=O. The van der Waals surface area contributed by atoms with E-state index < -0.39 is 35.9 Å². The topological polar surface area (TPSA) is 124 Å². The van der Waals surface area contributed by atoms with Crippen molar-refractivity contribution in [3.05, 3.63) is 67.3 Å². The minimum atomic E-state index is -0.854. The Kier molecular flexibility index (Phi) is 7.19. The quantitative estimate of drug-likeness (QED) is 0.470. The van der Waals surface area contributed by atoms with Crippen LogP contribution in [-0.4, -0.2) is 59.4 Å². The Morgan fingerprint density at radius 1 is 1.19 bits per heavy atom. The van der Waals surface area contributed by atoms with E-state index in [1.54, 1.807) is 14.0 Å². The number of methoxy groups -OCH3 is 1. The lowest BCUT2D eigenvalue weighted by Crippen LogP contribution is -2.51. The van der Waals surface area contributed by atoms with Crippen molar-refractivity contribution < 1.29 is 23.9 Å². The molecule has 3 N–H and O–H groups in total. The second kappa shape index (κ2) is 10.5. The molecule has 3 amide bonds. The first-order chi connectivity index (χ1) is 17.3. The number of ether oxygens (including phenoxy) is 2. The van der Waals surface area contributed by atoms with Crippen LogP contribution in [0.3, 0.4) is 0 Å². The lowest BCUT2D eigenvalue weighted by molar-refractivity contribution is -0.139. The van der Waals surface area contributed by atoms with Crippen molar-refractivity contribution in [2.24, 2.45) is 5.73 Å². The van der Waals surface area contributed by atoms with Gasteiger partial charge in [0.15, 0.2) is 0 Å². The molecule has 0 spiro atoms. The van der Waals surface area contributed by atoms with Crippen LogP contribution in [0, 0.1) is 0 Å². The van der Waals surface area contributed by atoms with Crippen molar-refractivity contribution in [1.82, 2.24) is 15.2 Å². The van der Waals surface area contributed by atoms with E-state index >= 15 is 0 Å². The van der Waals surface area contributed by atoms with Crippen molar-refractivity contribution in [2.75, 3.05) is 13.7 Å². The molecule has 0 aliphatic carbocycles. The smallest absolute Gasteiger partial charge is 0.245 e. The molecule has 2 aromatic carbocycles. The Morgan fingerprint density at radius 2 is 1.94 bits per heavy atom. The molecular weight excluding hydrogens is 460 g/mol. The first-order valence-electron chi connectivity index (χ1n) is 11.5.